The van der Waals surface area contributed by atoms with Crippen LogP contribution in [0.5, 0.6) is 0 Å². The monoisotopic (exact) mass is 299 g/mol. The van der Waals surface area contributed by atoms with Crippen LogP contribution in [0.3, 0.4) is 0 Å². The Hall–Kier alpha value is -1.34. The number of piperazine rings is 1. The van der Waals surface area contributed by atoms with Gasteiger partial charge in [0.15, 0.2) is 6.10 Å². The van der Waals surface area contributed by atoms with Crippen LogP contribution in [0, 0.1) is 0 Å². The van der Waals surface area contributed by atoms with E-state index in [1.54, 1.807) is 0 Å². The van der Waals surface area contributed by atoms with E-state index in [-0.39, 0.29) is 18.6 Å². The summed E-state index contributed by atoms with van der Waals surface area (Å²) in [5.41, 5.74) is 0. The molecular formula is C14H25N3O4. The van der Waals surface area contributed by atoms with E-state index in [0.29, 0.717) is 6.04 Å². The Morgan fingerprint density at radius 2 is 2.14 bits per heavy atom. The Balaban J connectivity index is 1.88. The quantitative estimate of drug-likeness (QED) is 0.783. The van der Waals surface area contributed by atoms with Crippen LogP contribution in [0.15, 0.2) is 0 Å². The summed E-state index contributed by atoms with van der Waals surface area (Å²) < 4.78 is 4.82. The molecule has 2 aliphatic rings. The average Bonchev–Trinajstić information content (AvgIpc) is 2.46. The molecule has 0 aliphatic carbocycles. The Labute approximate surface area is 125 Å². The number of carboxylic acid groups (broad SMARTS) is 1. The lowest BCUT2D eigenvalue weighted by atomic mass is 9.97. The highest BCUT2D eigenvalue weighted by Crippen LogP contribution is 2.23. The summed E-state index contributed by atoms with van der Waals surface area (Å²) in [5, 5.41) is 11.6. The second kappa shape index (κ2) is 7.09. The maximum absolute atomic E-state index is 12.3. The first-order chi connectivity index (χ1) is 10.0. The van der Waals surface area contributed by atoms with Gasteiger partial charge in [-0.25, -0.2) is 9.59 Å². The van der Waals surface area contributed by atoms with Crippen molar-refractivity contribution in [2.24, 2.45) is 0 Å². The maximum atomic E-state index is 12.3. The third kappa shape index (κ3) is 3.85. The number of carboxylic acids is 1. The predicted molar refractivity (Wildman–Crippen MR) is 77.2 cm³/mol. The van der Waals surface area contributed by atoms with Gasteiger partial charge in [0, 0.05) is 32.3 Å². The highest BCUT2D eigenvalue weighted by Gasteiger charge is 2.35. The van der Waals surface area contributed by atoms with Crippen LogP contribution in [0.2, 0.25) is 0 Å². The molecule has 2 N–H and O–H groups in total. The third-order valence-corrected chi connectivity index (χ3v) is 4.45. The summed E-state index contributed by atoms with van der Waals surface area (Å²) in [6, 6.07) is 0.389. The van der Waals surface area contributed by atoms with Gasteiger partial charge in [-0.1, -0.05) is 6.42 Å². The van der Waals surface area contributed by atoms with Crippen LogP contribution in [0.1, 0.15) is 26.2 Å². The Kier molecular flexibility index (Phi) is 5.41. The SMILES string of the molecule is COC(CNC(=O)N1CC2CCCCN2CC1C)C(=O)O. The highest BCUT2D eigenvalue weighted by molar-refractivity contribution is 5.77. The third-order valence-electron chi connectivity index (χ3n) is 4.45. The molecule has 2 fully saturated rings. The molecule has 7 heteroatoms. The molecular weight excluding hydrogens is 274 g/mol. The van der Waals surface area contributed by atoms with Crippen molar-refractivity contribution in [3.63, 3.8) is 0 Å². The Morgan fingerprint density at radius 3 is 2.81 bits per heavy atom. The minimum Gasteiger partial charge on any atom is -0.479 e. The van der Waals surface area contributed by atoms with Crippen LogP contribution >= 0.6 is 0 Å². The topological polar surface area (TPSA) is 82.1 Å². The first-order valence-electron chi connectivity index (χ1n) is 7.57. The number of carbonyl (C=O) groups excluding carboxylic acids is 1. The number of nitrogens with zero attached hydrogens (tertiary/aromatic N) is 2. The van der Waals surface area contributed by atoms with Crippen LogP contribution in [-0.2, 0) is 9.53 Å². The molecule has 2 aliphatic heterocycles. The zero-order chi connectivity index (χ0) is 15.4. The minimum atomic E-state index is -1.07. The molecule has 0 spiro atoms. The van der Waals surface area contributed by atoms with Crippen molar-refractivity contribution in [3.05, 3.63) is 0 Å². The summed E-state index contributed by atoms with van der Waals surface area (Å²) >= 11 is 0. The fourth-order valence-corrected chi connectivity index (χ4v) is 3.19. The molecule has 0 aromatic rings. The number of piperidine rings is 1. The van der Waals surface area contributed by atoms with E-state index in [9.17, 15) is 9.59 Å². The molecule has 0 aromatic carbocycles. The first-order valence-corrected chi connectivity index (χ1v) is 7.57. The van der Waals surface area contributed by atoms with E-state index in [4.69, 9.17) is 9.84 Å². The summed E-state index contributed by atoms with van der Waals surface area (Å²) in [7, 11) is 1.33. The van der Waals surface area contributed by atoms with E-state index >= 15 is 0 Å². The van der Waals surface area contributed by atoms with Gasteiger partial charge < -0.3 is 20.1 Å². The van der Waals surface area contributed by atoms with Gasteiger partial charge in [-0.05, 0) is 26.3 Å². The number of nitrogens with one attached hydrogen (secondary N) is 1. The van der Waals surface area contributed by atoms with Gasteiger partial charge in [0.2, 0.25) is 0 Å². The van der Waals surface area contributed by atoms with Gasteiger partial charge in [0.1, 0.15) is 0 Å². The molecule has 0 radical (unpaired) electrons. The van der Waals surface area contributed by atoms with Crippen molar-refractivity contribution in [2.75, 3.05) is 33.3 Å². The van der Waals surface area contributed by atoms with Crippen molar-refractivity contribution >= 4 is 12.0 Å². The maximum Gasteiger partial charge on any atom is 0.334 e. The number of amides is 2. The number of rotatable bonds is 4. The summed E-state index contributed by atoms with van der Waals surface area (Å²) in [6.07, 6.45) is 2.59. The minimum absolute atomic E-state index is 0.0116. The van der Waals surface area contributed by atoms with Crippen LogP contribution < -0.4 is 5.32 Å². The lowest BCUT2D eigenvalue weighted by Gasteiger charge is -2.47. The summed E-state index contributed by atoms with van der Waals surface area (Å²) in [4.78, 5) is 27.4. The van der Waals surface area contributed by atoms with E-state index in [0.717, 1.165) is 26.1 Å². The van der Waals surface area contributed by atoms with Crippen LogP contribution in [0.25, 0.3) is 0 Å². The van der Waals surface area contributed by atoms with Crippen molar-refractivity contribution in [1.29, 1.82) is 0 Å². The van der Waals surface area contributed by atoms with Crippen molar-refractivity contribution in [1.82, 2.24) is 15.1 Å². The number of methoxy groups -OCH3 is 1. The average molecular weight is 299 g/mol. The zero-order valence-electron chi connectivity index (χ0n) is 12.7. The molecule has 2 amide bonds. The normalized spacial score (nSPS) is 27.8. The Bertz CT molecular complexity index is 390. The standard InChI is InChI=1S/C14H25N3O4/c1-10-8-16-6-4-3-5-11(16)9-17(10)14(20)15-7-12(21-2)13(18)19/h10-12H,3-9H2,1-2H3,(H,15,20)(H,18,19). The fraction of sp³-hybridized carbons (Fsp3) is 0.857. The van der Waals surface area contributed by atoms with Crippen LogP contribution in [-0.4, -0.2) is 78.4 Å². The molecule has 2 saturated heterocycles. The van der Waals surface area contributed by atoms with Gasteiger partial charge in [0.05, 0.1) is 6.54 Å². The molecule has 0 bridgehead atoms. The zero-order valence-corrected chi connectivity index (χ0v) is 12.7. The lowest BCUT2D eigenvalue weighted by molar-refractivity contribution is -0.148. The number of hydrogen-bond acceptors (Lipinski definition) is 4. The number of urea groups is 1. The molecule has 2 rings (SSSR count). The fourth-order valence-electron chi connectivity index (χ4n) is 3.19. The number of fused-ring (bicyclic) bond motifs is 1. The molecule has 0 aromatic heterocycles. The molecule has 120 valence electrons. The molecule has 21 heavy (non-hydrogen) atoms. The number of ether oxygens (including phenoxy) is 1. The molecule has 3 atom stereocenters. The van der Waals surface area contributed by atoms with Crippen LogP contribution in [0.4, 0.5) is 4.79 Å². The largest absolute Gasteiger partial charge is 0.479 e. The highest BCUT2D eigenvalue weighted by atomic mass is 16.5. The molecule has 3 unspecified atom stereocenters. The molecule has 7 nitrogen and oxygen atoms in total. The van der Waals surface area contributed by atoms with Gasteiger partial charge in [-0.2, -0.15) is 0 Å². The summed E-state index contributed by atoms with van der Waals surface area (Å²) in [5.74, 6) is -1.07. The van der Waals surface area contributed by atoms with Gasteiger partial charge in [-0.15, -0.1) is 0 Å². The van der Waals surface area contributed by atoms with E-state index in [1.807, 2.05) is 11.8 Å². The van der Waals surface area contributed by atoms with E-state index < -0.39 is 12.1 Å². The van der Waals surface area contributed by atoms with Crippen molar-refractivity contribution in [3.8, 4) is 0 Å². The lowest BCUT2D eigenvalue weighted by Crippen LogP contribution is -2.62. The second-order valence-electron chi connectivity index (χ2n) is 5.89. The van der Waals surface area contributed by atoms with Gasteiger partial charge in [-0.3, -0.25) is 4.90 Å². The van der Waals surface area contributed by atoms with Gasteiger partial charge >= 0.3 is 12.0 Å². The number of aliphatic carboxylic acids is 1. The number of hydrogen-bond donors (Lipinski definition) is 2. The molecule has 2 heterocycles. The van der Waals surface area contributed by atoms with Crippen molar-refractivity contribution in [2.45, 2.75) is 44.4 Å². The molecule has 0 saturated carbocycles. The summed E-state index contributed by atoms with van der Waals surface area (Å²) in [6.45, 7) is 4.76. The van der Waals surface area contributed by atoms with E-state index in [2.05, 4.69) is 10.2 Å². The second-order valence-corrected chi connectivity index (χ2v) is 5.89. The number of carbonyl (C=O) groups is 2. The van der Waals surface area contributed by atoms with Gasteiger partial charge in [0.25, 0.3) is 0 Å². The Morgan fingerprint density at radius 1 is 1.38 bits per heavy atom. The smallest absolute Gasteiger partial charge is 0.334 e. The van der Waals surface area contributed by atoms with E-state index in [1.165, 1.54) is 20.0 Å². The first kappa shape index (κ1) is 16.0. The van der Waals surface area contributed by atoms with Crippen molar-refractivity contribution < 1.29 is 19.4 Å². The predicted octanol–water partition coefficient (Wildman–Crippen LogP) is 0.354.